The summed E-state index contributed by atoms with van der Waals surface area (Å²) in [4.78, 5) is 26.1. The summed E-state index contributed by atoms with van der Waals surface area (Å²) in [6.07, 6.45) is 0.592. The molecule has 2 heterocycles. The van der Waals surface area contributed by atoms with Gasteiger partial charge in [0.1, 0.15) is 0 Å². The van der Waals surface area contributed by atoms with Crippen molar-refractivity contribution in [3.63, 3.8) is 0 Å². The van der Waals surface area contributed by atoms with Gasteiger partial charge in [-0.1, -0.05) is 42.5 Å². The van der Waals surface area contributed by atoms with Crippen molar-refractivity contribution in [2.75, 3.05) is 6.54 Å². The van der Waals surface area contributed by atoms with E-state index in [0.29, 0.717) is 26.1 Å². The summed E-state index contributed by atoms with van der Waals surface area (Å²) < 4.78 is 0. The summed E-state index contributed by atoms with van der Waals surface area (Å²) in [7, 11) is 0. The molecule has 1 aliphatic heterocycles. The molecule has 1 amide bonds. The minimum atomic E-state index is -0.965. The van der Waals surface area contributed by atoms with E-state index >= 15 is 0 Å². The Bertz CT molecular complexity index is 1030. The number of H-pyrrole nitrogens is 1. The van der Waals surface area contributed by atoms with E-state index in [1.807, 2.05) is 35.2 Å². The van der Waals surface area contributed by atoms with E-state index in [-0.39, 0.29) is 17.4 Å². The van der Waals surface area contributed by atoms with Crippen molar-refractivity contribution < 1.29 is 14.7 Å². The van der Waals surface area contributed by atoms with E-state index in [9.17, 15) is 9.59 Å². The molecule has 7 heteroatoms. The number of carboxylic acids is 1. The SMILES string of the molecule is NCCC(C(=O)N1Cc2[nH]nc(-c3ccc(C(=O)O)cc3)c2C1)c1ccccc1. The van der Waals surface area contributed by atoms with Gasteiger partial charge in [0.05, 0.1) is 36.0 Å². The van der Waals surface area contributed by atoms with Gasteiger partial charge in [-0.2, -0.15) is 5.10 Å². The molecule has 1 aromatic heterocycles. The van der Waals surface area contributed by atoms with E-state index in [0.717, 1.165) is 28.1 Å². The molecule has 7 nitrogen and oxygen atoms in total. The number of amides is 1. The molecule has 0 aliphatic carbocycles. The van der Waals surface area contributed by atoms with Gasteiger partial charge < -0.3 is 15.7 Å². The van der Waals surface area contributed by atoms with Crippen molar-refractivity contribution in [2.24, 2.45) is 5.73 Å². The number of nitrogens with zero attached hydrogens (tertiary/aromatic N) is 2. The number of aromatic nitrogens is 2. The fourth-order valence-electron chi connectivity index (χ4n) is 3.81. The average molecular weight is 390 g/mol. The highest BCUT2D eigenvalue weighted by atomic mass is 16.4. The Labute approximate surface area is 168 Å². The first kappa shape index (κ1) is 18.9. The Morgan fingerprint density at radius 1 is 1.10 bits per heavy atom. The Morgan fingerprint density at radius 2 is 1.83 bits per heavy atom. The fraction of sp³-hybridized carbons (Fsp3) is 0.227. The predicted octanol–water partition coefficient (Wildman–Crippen LogP) is 2.75. The minimum Gasteiger partial charge on any atom is -0.478 e. The van der Waals surface area contributed by atoms with Crippen molar-refractivity contribution in [3.8, 4) is 11.3 Å². The molecule has 0 saturated heterocycles. The van der Waals surface area contributed by atoms with Crippen LogP contribution in [0.25, 0.3) is 11.3 Å². The maximum Gasteiger partial charge on any atom is 0.335 e. The molecule has 148 valence electrons. The van der Waals surface area contributed by atoms with Crippen LogP contribution in [-0.4, -0.2) is 38.6 Å². The van der Waals surface area contributed by atoms with Crippen LogP contribution in [-0.2, 0) is 17.9 Å². The maximum atomic E-state index is 13.2. The van der Waals surface area contributed by atoms with Crippen LogP contribution in [0.15, 0.2) is 54.6 Å². The third kappa shape index (κ3) is 3.64. The molecule has 1 aliphatic rings. The topological polar surface area (TPSA) is 112 Å². The zero-order chi connectivity index (χ0) is 20.4. The lowest BCUT2D eigenvalue weighted by atomic mass is 9.94. The van der Waals surface area contributed by atoms with Crippen LogP contribution in [0.3, 0.4) is 0 Å². The Morgan fingerprint density at radius 3 is 2.48 bits per heavy atom. The van der Waals surface area contributed by atoms with Gasteiger partial charge in [0.25, 0.3) is 0 Å². The second-order valence-corrected chi connectivity index (χ2v) is 7.15. The van der Waals surface area contributed by atoms with Crippen molar-refractivity contribution in [2.45, 2.75) is 25.4 Å². The molecule has 0 spiro atoms. The van der Waals surface area contributed by atoms with Gasteiger partial charge in [-0.25, -0.2) is 4.79 Å². The second kappa shape index (κ2) is 7.89. The van der Waals surface area contributed by atoms with E-state index < -0.39 is 5.97 Å². The monoisotopic (exact) mass is 390 g/mol. The number of carboxylic acid groups (broad SMARTS) is 1. The van der Waals surface area contributed by atoms with E-state index in [4.69, 9.17) is 10.8 Å². The molecule has 0 radical (unpaired) electrons. The molecule has 2 aromatic carbocycles. The number of rotatable bonds is 6. The lowest BCUT2D eigenvalue weighted by molar-refractivity contribution is -0.133. The van der Waals surface area contributed by atoms with Crippen molar-refractivity contribution in [3.05, 3.63) is 77.0 Å². The molecule has 1 atom stereocenters. The Hall–Kier alpha value is -3.45. The van der Waals surface area contributed by atoms with Gasteiger partial charge in [-0.15, -0.1) is 0 Å². The van der Waals surface area contributed by atoms with E-state index in [2.05, 4.69) is 10.2 Å². The van der Waals surface area contributed by atoms with Crippen molar-refractivity contribution in [1.82, 2.24) is 15.1 Å². The van der Waals surface area contributed by atoms with Gasteiger partial charge in [0, 0.05) is 11.1 Å². The molecular weight excluding hydrogens is 368 g/mol. The number of aromatic amines is 1. The highest BCUT2D eigenvalue weighted by Gasteiger charge is 2.32. The summed E-state index contributed by atoms with van der Waals surface area (Å²) >= 11 is 0. The molecule has 4 rings (SSSR count). The number of carbonyl (C=O) groups is 2. The van der Waals surface area contributed by atoms with Gasteiger partial charge in [-0.3, -0.25) is 9.89 Å². The van der Waals surface area contributed by atoms with Crippen LogP contribution >= 0.6 is 0 Å². The van der Waals surface area contributed by atoms with Gasteiger partial charge >= 0.3 is 5.97 Å². The Kier molecular flexibility index (Phi) is 5.14. The van der Waals surface area contributed by atoms with Gasteiger partial charge in [0.15, 0.2) is 0 Å². The first-order valence-corrected chi connectivity index (χ1v) is 9.52. The maximum absolute atomic E-state index is 13.2. The van der Waals surface area contributed by atoms with Gasteiger partial charge in [0.2, 0.25) is 5.91 Å². The van der Waals surface area contributed by atoms with E-state index in [1.54, 1.807) is 24.3 Å². The minimum absolute atomic E-state index is 0.0541. The molecule has 29 heavy (non-hydrogen) atoms. The normalized spacial score (nSPS) is 13.9. The number of fused-ring (bicyclic) bond motifs is 1. The average Bonchev–Trinajstić information content (AvgIpc) is 3.33. The van der Waals surface area contributed by atoms with Crippen LogP contribution < -0.4 is 5.73 Å². The number of nitrogens with two attached hydrogens (primary N) is 1. The van der Waals surface area contributed by atoms with Crippen LogP contribution in [0.4, 0.5) is 0 Å². The van der Waals surface area contributed by atoms with Crippen LogP contribution in [0.2, 0.25) is 0 Å². The molecule has 0 saturated carbocycles. The molecule has 1 unspecified atom stereocenters. The number of aromatic carboxylic acids is 1. The smallest absolute Gasteiger partial charge is 0.335 e. The van der Waals surface area contributed by atoms with Gasteiger partial charge in [-0.05, 0) is 30.7 Å². The molecule has 3 aromatic rings. The Balaban J connectivity index is 1.56. The molecule has 0 bridgehead atoms. The van der Waals surface area contributed by atoms with Crippen molar-refractivity contribution >= 4 is 11.9 Å². The van der Waals surface area contributed by atoms with Crippen LogP contribution in [0.1, 0.15) is 39.5 Å². The van der Waals surface area contributed by atoms with Crippen LogP contribution in [0, 0.1) is 0 Å². The predicted molar refractivity (Wildman–Crippen MR) is 108 cm³/mol. The summed E-state index contributed by atoms with van der Waals surface area (Å²) in [6, 6.07) is 16.3. The summed E-state index contributed by atoms with van der Waals surface area (Å²) in [5.41, 5.74) is 10.4. The lowest BCUT2D eigenvalue weighted by Crippen LogP contribution is -2.32. The number of benzene rings is 2. The first-order valence-electron chi connectivity index (χ1n) is 9.52. The van der Waals surface area contributed by atoms with Crippen molar-refractivity contribution in [1.29, 1.82) is 0 Å². The highest BCUT2D eigenvalue weighted by Crippen LogP contribution is 2.33. The molecule has 4 N–H and O–H groups in total. The second-order valence-electron chi connectivity index (χ2n) is 7.15. The number of nitrogens with one attached hydrogen (secondary N) is 1. The van der Waals surface area contributed by atoms with E-state index in [1.165, 1.54) is 0 Å². The summed E-state index contributed by atoms with van der Waals surface area (Å²) in [5.74, 6) is -1.18. The lowest BCUT2D eigenvalue weighted by Gasteiger charge is -2.23. The molecular formula is C22H22N4O3. The zero-order valence-electron chi connectivity index (χ0n) is 15.8. The summed E-state index contributed by atoms with van der Waals surface area (Å²) in [5, 5.41) is 16.5. The third-order valence-corrected chi connectivity index (χ3v) is 5.32. The highest BCUT2D eigenvalue weighted by molar-refractivity contribution is 5.88. The molecule has 0 fully saturated rings. The first-order chi connectivity index (χ1) is 14.1. The number of carbonyl (C=O) groups excluding carboxylic acids is 1. The third-order valence-electron chi connectivity index (χ3n) is 5.32. The number of hydrogen-bond donors (Lipinski definition) is 3. The standard InChI is InChI=1S/C22H22N4O3/c23-11-10-17(14-4-2-1-3-5-14)21(27)26-12-18-19(13-26)24-25-20(18)15-6-8-16(9-7-15)22(28)29/h1-9,17H,10-13,23H2,(H,24,25)(H,28,29). The number of hydrogen-bond acceptors (Lipinski definition) is 4. The zero-order valence-corrected chi connectivity index (χ0v) is 15.8. The fourth-order valence-corrected chi connectivity index (χ4v) is 3.81. The quantitative estimate of drug-likeness (QED) is 0.599. The largest absolute Gasteiger partial charge is 0.478 e. The summed E-state index contributed by atoms with van der Waals surface area (Å²) in [6.45, 7) is 1.38. The van der Waals surface area contributed by atoms with Crippen LogP contribution in [0.5, 0.6) is 0 Å².